The first-order chi connectivity index (χ1) is 9.76. The first kappa shape index (κ1) is 13.8. The lowest BCUT2D eigenvalue weighted by Crippen LogP contribution is -2.10. The maximum absolute atomic E-state index is 11.1. The van der Waals surface area contributed by atoms with E-state index in [1.165, 1.54) is 6.07 Å². The van der Waals surface area contributed by atoms with Crippen LogP contribution in [0.25, 0.3) is 10.9 Å². The van der Waals surface area contributed by atoms with Crippen LogP contribution in [0.4, 0.5) is 11.4 Å². The third kappa shape index (κ3) is 1.87. The SMILES string of the molecule is CC1(C)C(Nc2ccnc3c([N+](=O)[O-])cccc23)C1(C)C. The molecule has 0 radical (unpaired) electrons. The Labute approximate surface area is 123 Å². The first-order valence-electron chi connectivity index (χ1n) is 7.05. The van der Waals surface area contributed by atoms with Gasteiger partial charge < -0.3 is 5.32 Å². The third-order valence-electron chi connectivity index (χ3n) is 5.27. The molecule has 5 nitrogen and oxygen atoms in total. The number of rotatable bonds is 3. The zero-order chi connectivity index (χ0) is 15.4. The number of non-ortho nitro benzene ring substituents is 1. The highest BCUT2D eigenvalue weighted by atomic mass is 16.6. The minimum Gasteiger partial charge on any atom is -0.381 e. The second kappa shape index (κ2) is 4.16. The highest BCUT2D eigenvalue weighted by Gasteiger charge is 2.64. The molecule has 2 aromatic rings. The summed E-state index contributed by atoms with van der Waals surface area (Å²) < 4.78 is 0. The van der Waals surface area contributed by atoms with Crippen molar-refractivity contribution in [3.05, 3.63) is 40.6 Å². The average molecular weight is 285 g/mol. The molecule has 1 aliphatic carbocycles. The molecule has 0 spiro atoms. The number of benzene rings is 1. The molecule has 5 heteroatoms. The fourth-order valence-corrected chi connectivity index (χ4v) is 3.15. The van der Waals surface area contributed by atoms with Gasteiger partial charge >= 0.3 is 0 Å². The smallest absolute Gasteiger partial charge is 0.295 e. The number of nitro groups is 1. The molecule has 0 unspecified atom stereocenters. The molecule has 0 bridgehead atoms. The van der Waals surface area contributed by atoms with Crippen molar-refractivity contribution in [2.24, 2.45) is 10.8 Å². The van der Waals surface area contributed by atoms with Crippen molar-refractivity contribution in [1.29, 1.82) is 0 Å². The number of aromatic nitrogens is 1. The number of pyridine rings is 1. The molecular weight excluding hydrogens is 266 g/mol. The third-order valence-corrected chi connectivity index (χ3v) is 5.27. The summed E-state index contributed by atoms with van der Waals surface area (Å²) in [6.07, 6.45) is 1.63. The van der Waals surface area contributed by atoms with E-state index in [-0.39, 0.29) is 21.4 Å². The van der Waals surface area contributed by atoms with Crippen LogP contribution in [0.2, 0.25) is 0 Å². The monoisotopic (exact) mass is 285 g/mol. The van der Waals surface area contributed by atoms with Crippen LogP contribution in [-0.4, -0.2) is 15.9 Å². The number of fused-ring (bicyclic) bond motifs is 1. The first-order valence-corrected chi connectivity index (χ1v) is 7.05. The lowest BCUT2D eigenvalue weighted by molar-refractivity contribution is -0.383. The zero-order valence-electron chi connectivity index (χ0n) is 12.7. The van der Waals surface area contributed by atoms with Gasteiger partial charge in [-0.2, -0.15) is 0 Å². The molecule has 1 saturated carbocycles. The number of nitrogens with one attached hydrogen (secondary N) is 1. The second-order valence-corrected chi connectivity index (χ2v) is 6.81. The molecule has 3 rings (SSSR count). The Morgan fingerprint density at radius 3 is 2.43 bits per heavy atom. The van der Waals surface area contributed by atoms with E-state index in [1.54, 1.807) is 12.3 Å². The van der Waals surface area contributed by atoms with Gasteiger partial charge in [0.25, 0.3) is 5.69 Å². The molecule has 1 N–H and O–H groups in total. The maximum atomic E-state index is 11.1. The molecule has 21 heavy (non-hydrogen) atoms. The Bertz CT molecular complexity index is 723. The van der Waals surface area contributed by atoms with E-state index in [4.69, 9.17) is 0 Å². The van der Waals surface area contributed by atoms with E-state index < -0.39 is 0 Å². The van der Waals surface area contributed by atoms with Crippen molar-refractivity contribution in [3.63, 3.8) is 0 Å². The Morgan fingerprint density at radius 1 is 1.19 bits per heavy atom. The largest absolute Gasteiger partial charge is 0.381 e. The normalized spacial score (nSPS) is 19.4. The predicted octanol–water partition coefficient (Wildman–Crippen LogP) is 3.99. The molecule has 110 valence electrons. The van der Waals surface area contributed by atoms with Gasteiger partial charge in [0, 0.05) is 29.4 Å². The minimum atomic E-state index is -0.385. The highest BCUT2D eigenvalue weighted by molar-refractivity contribution is 5.96. The summed E-state index contributed by atoms with van der Waals surface area (Å²) in [6, 6.07) is 7.30. The Balaban J connectivity index is 2.05. The number of hydrogen-bond acceptors (Lipinski definition) is 4. The fraction of sp³-hybridized carbons (Fsp3) is 0.438. The summed E-state index contributed by atoms with van der Waals surface area (Å²) in [5, 5.41) is 15.5. The van der Waals surface area contributed by atoms with Crippen molar-refractivity contribution in [2.45, 2.75) is 33.7 Å². The predicted molar refractivity (Wildman–Crippen MR) is 83.4 cm³/mol. The zero-order valence-corrected chi connectivity index (χ0v) is 12.7. The highest BCUT2D eigenvalue weighted by Crippen LogP contribution is 2.63. The summed E-state index contributed by atoms with van der Waals surface area (Å²) in [5.41, 5.74) is 1.79. The van der Waals surface area contributed by atoms with Crippen LogP contribution >= 0.6 is 0 Å². The van der Waals surface area contributed by atoms with Gasteiger partial charge in [-0.15, -0.1) is 0 Å². The average Bonchev–Trinajstić information content (AvgIpc) is 2.80. The molecule has 0 atom stereocenters. The number of anilines is 1. The van der Waals surface area contributed by atoms with E-state index in [1.807, 2.05) is 12.1 Å². The van der Waals surface area contributed by atoms with Gasteiger partial charge in [-0.1, -0.05) is 39.8 Å². The molecular formula is C16H19N3O2. The number of hydrogen-bond donors (Lipinski definition) is 1. The lowest BCUT2D eigenvalue weighted by Gasteiger charge is -2.11. The molecule has 0 amide bonds. The Kier molecular flexibility index (Phi) is 2.74. The maximum Gasteiger partial charge on any atom is 0.295 e. The summed E-state index contributed by atoms with van der Waals surface area (Å²) in [6.45, 7) is 8.93. The van der Waals surface area contributed by atoms with Gasteiger partial charge in [-0.05, 0) is 16.9 Å². The van der Waals surface area contributed by atoms with Gasteiger partial charge in [-0.25, -0.2) is 4.98 Å². The summed E-state index contributed by atoms with van der Waals surface area (Å²) in [5.74, 6) is 0. The molecule has 1 aromatic carbocycles. The van der Waals surface area contributed by atoms with Crippen molar-refractivity contribution in [1.82, 2.24) is 4.98 Å². The van der Waals surface area contributed by atoms with Gasteiger partial charge in [0.1, 0.15) is 5.52 Å². The van der Waals surface area contributed by atoms with Crippen LogP contribution in [0.1, 0.15) is 27.7 Å². The van der Waals surface area contributed by atoms with E-state index in [0.29, 0.717) is 11.6 Å². The summed E-state index contributed by atoms with van der Waals surface area (Å²) >= 11 is 0. The quantitative estimate of drug-likeness (QED) is 0.684. The minimum absolute atomic E-state index is 0.0467. The van der Waals surface area contributed by atoms with Gasteiger partial charge in [0.05, 0.1) is 4.92 Å². The van der Waals surface area contributed by atoms with E-state index in [0.717, 1.165) is 11.1 Å². The van der Waals surface area contributed by atoms with Crippen LogP contribution in [-0.2, 0) is 0 Å². The molecule has 0 aliphatic heterocycles. The molecule has 0 saturated heterocycles. The van der Waals surface area contributed by atoms with E-state index >= 15 is 0 Å². The number of para-hydroxylation sites is 1. The van der Waals surface area contributed by atoms with Gasteiger partial charge in [0.15, 0.2) is 0 Å². The van der Waals surface area contributed by atoms with Crippen molar-refractivity contribution in [3.8, 4) is 0 Å². The van der Waals surface area contributed by atoms with E-state index in [9.17, 15) is 10.1 Å². The topological polar surface area (TPSA) is 68.1 Å². The van der Waals surface area contributed by atoms with Gasteiger partial charge in [0.2, 0.25) is 0 Å². The van der Waals surface area contributed by atoms with E-state index in [2.05, 4.69) is 38.0 Å². The van der Waals surface area contributed by atoms with Crippen LogP contribution in [0.15, 0.2) is 30.5 Å². The van der Waals surface area contributed by atoms with Gasteiger partial charge in [-0.3, -0.25) is 10.1 Å². The van der Waals surface area contributed by atoms with Crippen molar-refractivity contribution in [2.75, 3.05) is 5.32 Å². The summed E-state index contributed by atoms with van der Waals surface area (Å²) in [7, 11) is 0. The number of nitrogens with zero attached hydrogens (tertiary/aromatic N) is 2. The molecule has 1 heterocycles. The molecule has 1 aromatic heterocycles. The van der Waals surface area contributed by atoms with Crippen molar-refractivity contribution < 1.29 is 4.92 Å². The van der Waals surface area contributed by atoms with Crippen LogP contribution in [0, 0.1) is 20.9 Å². The molecule has 1 aliphatic rings. The fourth-order valence-electron chi connectivity index (χ4n) is 3.15. The van der Waals surface area contributed by atoms with Crippen LogP contribution < -0.4 is 5.32 Å². The standard InChI is InChI=1S/C16H19N3O2/c1-15(2)14(16(15,3)4)18-11-8-9-17-13-10(11)6-5-7-12(13)19(20)21/h5-9,14H,1-4H3,(H,17,18). The number of nitro benzene ring substituents is 1. The van der Waals surface area contributed by atoms with Crippen LogP contribution in [0.3, 0.4) is 0 Å². The second-order valence-electron chi connectivity index (χ2n) is 6.81. The Hall–Kier alpha value is -2.17. The molecule has 1 fully saturated rings. The van der Waals surface area contributed by atoms with Crippen LogP contribution in [0.5, 0.6) is 0 Å². The lowest BCUT2D eigenvalue weighted by atomic mass is 10.0. The Morgan fingerprint density at radius 2 is 1.86 bits per heavy atom. The summed E-state index contributed by atoms with van der Waals surface area (Å²) in [4.78, 5) is 14.9. The van der Waals surface area contributed by atoms with Crippen molar-refractivity contribution >= 4 is 22.3 Å².